The maximum Gasteiger partial charge on any atom is 0.271 e. The summed E-state index contributed by atoms with van der Waals surface area (Å²) < 4.78 is 23.7. The van der Waals surface area contributed by atoms with Gasteiger partial charge >= 0.3 is 0 Å². The van der Waals surface area contributed by atoms with Gasteiger partial charge in [-0.3, -0.25) is 4.79 Å². The van der Waals surface area contributed by atoms with Crippen molar-refractivity contribution in [1.29, 1.82) is 0 Å². The maximum absolute atomic E-state index is 11.8. The molecule has 2 saturated carbocycles. The number of hydrogen-bond donors (Lipinski definition) is 1. The smallest absolute Gasteiger partial charge is 0.271 e. The molecule has 2 atom stereocenters. The number of carbonyl (C=O) groups excluding carboxylic acids is 1. The Hall–Kier alpha value is -0.590. The van der Waals surface area contributed by atoms with Gasteiger partial charge in [-0.05, 0) is 19.3 Å². The molecule has 0 radical (unpaired) electrons. The van der Waals surface area contributed by atoms with Gasteiger partial charge in [-0.15, -0.1) is 10.4 Å². The van der Waals surface area contributed by atoms with E-state index in [0.717, 1.165) is 0 Å². The number of nitrogens with two attached hydrogens (primary N) is 1. The van der Waals surface area contributed by atoms with Crippen LogP contribution in [0.15, 0.2) is 12.7 Å². The van der Waals surface area contributed by atoms with Crippen molar-refractivity contribution >= 4 is 27.7 Å². The quantitative estimate of drug-likeness (QED) is 0.587. The maximum atomic E-state index is 11.8. The van der Waals surface area contributed by atoms with E-state index in [9.17, 15) is 13.2 Å². The third-order valence-corrected chi connectivity index (χ3v) is 5.73. The average Bonchev–Trinajstić information content (AvgIpc) is 3.09. The van der Waals surface area contributed by atoms with Crippen LogP contribution in [0.5, 0.6) is 0 Å². The van der Waals surface area contributed by atoms with E-state index in [1.54, 1.807) is 6.08 Å². The monoisotopic (exact) mass is 264 g/mol. The largest absolute Gasteiger partial charge is 0.317 e. The van der Waals surface area contributed by atoms with Crippen LogP contribution in [-0.2, 0) is 14.8 Å². The van der Waals surface area contributed by atoms with Gasteiger partial charge < -0.3 is 5.73 Å². The lowest BCUT2D eigenvalue weighted by Crippen LogP contribution is -2.46. The van der Waals surface area contributed by atoms with E-state index in [0.29, 0.717) is 23.1 Å². The van der Waals surface area contributed by atoms with Crippen molar-refractivity contribution in [2.24, 2.45) is 11.7 Å². The van der Waals surface area contributed by atoms with Crippen LogP contribution in [-0.4, -0.2) is 28.9 Å². The summed E-state index contributed by atoms with van der Waals surface area (Å²) in [6.07, 6.45) is 3.06. The minimum Gasteiger partial charge on any atom is -0.317 e. The predicted molar refractivity (Wildman–Crippen MR) is 59.9 cm³/mol. The van der Waals surface area contributed by atoms with Crippen molar-refractivity contribution < 1.29 is 13.2 Å². The molecule has 2 aliphatic carbocycles. The Bertz CT molecular complexity index is 446. The molecule has 90 valence electrons. The van der Waals surface area contributed by atoms with Gasteiger partial charge in [-0.2, -0.15) is 0 Å². The molecule has 5 nitrogen and oxygen atoms in total. The highest BCUT2D eigenvalue weighted by molar-refractivity contribution is 7.91. The first kappa shape index (κ1) is 11.9. The van der Waals surface area contributed by atoms with E-state index < -0.39 is 26.7 Å². The third-order valence-electron chi connectivity index (χ3n) is 3.07. The van der Waals surface area contributed by atoms with Crippen LogP contribution < -0.4 is 5.73 Å². The standard InChI is InChI=1S/C9H13ClN2O3S/c1-2-6-5-9(6,11)8(13)12(10)16(14,15)7-3-4-7/h2,6-7H,1,3-5,11H2/t6-,9-/m1/s1. The number of carbonyl (C=O) groups is 1. The first-order chi connectivity index (χ1) is 7.34. The summed E-state index contributed by atoms with van der Waals surface area (Å²) in [4.78, 5) is 11.8. The molecule has 1 amide bonds. The van der Waals surface area contributed by atoms with Crippen molar-refractivity contribution in [2.45, 2.75) is 30.1 Å². The molecule has 0 aliphatic heterocycles. The molecule has 2 rings (SSSR count). The average molecular weight is 265 g/mol. The number of sulfonamides is 1. The van der Waals surface area contributed by atoms with E-state index in [1.807, 2.05) is 0 Å². The summed E-state index contributed by atoms with van der Waals surface area (Å²) in [5.74, 6) is -0.929. The Kier molecular flexibility index (Phi) is 2.56. The van der Waals surface area contributed by atoms with Gasteiger partial charge in [0.05, 0.1) is 5.25 Å². The zero-order valence-electron chi connectivity index (χ0n) is 8.60. The van der Waals surface area contributed by atoms with Gasteiger partial charge in [0.2, 0.25) is 0 Å². The summed E-state index contributed by atoms with van der Waals surface area (Å²) in [5.41, 5.74) is 4.58. The van der Waals surface area contributed by atoms with E-state index in [1.165, 1.54) is 0 Å². The fraction of sp³-hybridized carbons (Fsp3) is 0.667. The van der Waals surface area contributed by atoms with Crippen LogP contribution in [0.3, 0.4) is 0 Å². The lowest BCUT2D eigenvalue weighted by atomic mass is 10.2. The fourth-order valence-electron chi connectivity index (χ4n) is 1.62. The molecule has 16 heavy (non-hydrogen) atoms. The van der Waals surface area contributed by atoms with Crippen molar-refractivity contribution in [3.63, 3.8) is 0 Å². The summed E-state index contributed by atoms with van der Waals surface area (Å²) in [5, 5.41) is -0.515. The Morgan fingerprint density at radius 2 is 2.12 bits per heavy atom. The zero-order chi connectivity index (χ0) is 12.1. The predicted octanol–water partition coefficient (Wildman–Crippen LogP) is 0.364. The van der Waals surface area contributed by atoms with Gasteiger partial charge in [0, 0.05) is 17.7 Å². The molecule has 0 aromatic heterocycles. The number of nitrogens with zero attached hydrogens (tertiary/aromatic N) is 1. The third kappa shape index (κ3) is 1.65. The number of rotatable bonds is 4. The first-order valence-electron chi connectivity index (χ1n) is 5.00. The fourth-order valence-corrected chi connectivity index (χ4v) is 3.51. The van der Waals surface area contributed by atoms with Crippen LogP contribution in [0.25, 0.3) is 0 Å². The lowest BCUT2D eigenvalue weighted by molar-refractivity contribution is -0.125. The van der Waals surface area contributed by atoms with Crippen LogP contribution in [0.1, 0.15) is 19.3 Å². The molecule has 0 aromatic carbocycles. The summed E-state index contributed by atoms with van der Waals surface area (Å²) in [6, 6.07) is 0. The van der Waals surface area contributed by atoms with Crippen molar-refractivity contribution in [3.8, 4) is 0 Å². The SMILES string of the molecule is C=C[C@@H]1C[C@]1(N)C(=O)N(Cl)S(=O)(=O)C1CC1. The van der Waals surface area contributed by atoms with Crippen LogP contribution in [0, 0.1) is 5.92 Å². The Labute approximate surface area is 99.4 Å². The molecule has 7 heteroatoms. The van der Waals surface area contributed by atoms with Crippen LogP contribution in [0.4, 0.5) is 0 Å². The molecular formula is C9H13ClN2O3S. The summed E-state index contributed by atoms with van der Waals surface area (Å²) in [6.45, 7) is 3.53. The molecule has 0 bridgehead atoms. The number of hydrogen-bond acceptors (Lipinski definition) is 4. The van der Waals surface area contributed by atoms with Gasteiger partial charge in [-0.25, -0.2) is 8.42 Å². The number of halogens is 1. The zero-order valence-corrected chi connectivity index (χ0v) is 10.2. The second-order valence-electron chi connectivity index (χ2n) is 4.35. The highest BCUT2D eigenvalue weighted by Crippen LogP contribution is 2.45. The van der Waals surface area contributed by atoms with E-state index in [4.69, 9.17) is 17.5 Å². The molecular weight excluding hydrogens is 252 g/mol. The molecule has 0 saturated heterocycles. The van der Waals surface area contributed by atoms with Crippen molar-refractivity contribution in [2.75, 3.05) is 0 Å². The van der Waals surface area contributed by atoms with Crippen molar-refractivity contribution in [1.82, 2.24) is 3.82 Å². The molecule has 0 heterocycles. The second-order valence-corrected chi connectivity index (χ2v) is 6.95. The van der Waals surface area contributed by atoms with E-state index >= 15 is 0 Å². The molecule has 2 aliphatic rings. The van der Waals surface area contributed by atoms with Crippen LogP contribution in [0.2, 0.25) is 0 Å². The van der Waals surface area contributed by atoms with E-state index in [2.05, 4.69) is 6.58 Å². The highest BCUT2D eigenvalue weighted by atomic mass is 35.5. The Morgan fingerprint density at radius 1 is 1.56 bits per heavy atom. The first-order valence-corrected chi connectivity index (χ1v) is 6.84. The lowest BCUT2D eigenvalue weighted by Gasteiger charge is -2.18. The number of amides is 1. The summed E-state index contributed by atoms with van der Waals surface area (Å²) in [7, 11) is -3.70. The van der Waals surface area contributed by atoms with Gasteiger partial charge in [0.1, 0.15) is 5.54 Å². The van der Waals surface area contributed by atoms with Gasteiger partial charge in [0.15, 0.2) is 0 Å². The Morgan fingerprint density at radius 3 is 2.50 bits per heavy atom. The van der Waals surface area contributed by atoms with Gasteiger partial charge in [-0.1, -0.05) is 6.08 Å². The molecule has 0 aromatic rings. The van der Waals surface area contributed by atoms with Gasteiger partial charge in [0.25, 0.3) is 15.9 Å². The topological polar surface area (TPSA) is 80.5 Å². The molecule has 0 spiro atoms. The molecule has 0 unspecified atom stereocenters. The van der Waals surface area contributed by atoms with E-state index in [-0.39, 0.29) is 5.92 Å². The summed E-state index contributed by atoms with van der Waals surface area (Å²) >= 11 is 5.59. The minimum atomic E-state index is -3.70. The molecule has 2 fully saturated rings. The highest BCUT2D eigenvalue weighted by Gasteiger charge is 2.59. The second kappa shape index (κ2) is 3.45. The molecule has 2 N–H and O–H groups in total. The normalized spacial score (nSPS) is 33.2. The minimum absolute atomic E-state index is 0.185. The van der Waals surface area contributed by atoms with Crippen molar-refractivity contribution in [3.05, 3.63) is 12.7 Å². The van der Waals surface area contributed by atoms with Crippen LogP contribution >= 0.6 is 11.8 Å². The Balaban J connectivity index is 2.14.